The molecule has 0 aliphatic carbocycles. The Labute approximate surface area is 235 Å². The highest BCUT2D eigenvalue weighted by atomic mass is 79.9. The predicted molar refractivity (Wildman–Crippen MR) is 156 cm³/mol. The van der Waals surface area contributed by atoms with E-state index in [0.29, 0.717) is 34.6 Å². The van der Waals surface area contributed by atoms with E-state index < -0.39 is 5.97 Å². The molecule has 0 amide bonds. The van der Waals surface area contributed by atoms with E-state index in [1.54, 1.807) is 30.3 Å². The Bertz CT molecular complexity index is 1610. The molecule has 0 saturated carbocycles. The number of carbonyl (C=O) groups is 1. The first kappa shape index (κ1) is 28.0. The maximum absolute atomic E-state index is 13.7. The summed E-state index contributed by atoms with van der Waals surface area (Å²) in [5.41, 5.74) is 3.52. The van der Waals surface area contributed by atoms with E-state index in [1.807, 2.05) is 38.1 Å². The molecule has 8 nitrogen and oxygen atoms in total. The molecule has 0 bridgehead atoms. The molecule has 4 rings (SSSR count). The number of aryl methyl sites for hydroxylation is 1. The minimum Gasteiger partial charge on any atom is -0.494 e. The Morgan fingerprint density at radius 2 is 1.87 bits per heavy atom. The lowest BCUT2D eigenvalue weighted by atomic mass is 9.96. The van der Waals surface area contributed by atoms with Gasteiger partial charge in [-0.2, -0.15) is 9.78 Å². The second kappa shape index (κ2) is 12.3. The summed E-state index contributed by atoms with van der Waals surface area (Å²) in [5.74, 6) is 1.31. The zero-order chi connectivity index (χ0) is 28.1. The van der Waals surface area contributed by atoms with E-state index in [9.17, 15) is 9.59 Å². The third kappa shape index (κ3) is 6.20. The first-order chi connectivity index (χ1) is 18.7. The van der Waals surface area contributed by atoms with Crippen molar-refractivity contribution in [2.24, 2.45) is 5.10 Å². The summed E-state index contributed by atoms with van der Waals surface area (Å²) in [7, 11) is 1.30. The van der Waals surface area contributed by atoms with E-state index >= 15 is 0 Å². The van der Waals surface area contributed by atoms with Crippen molar-refractivity contribution in [2.75, 3.05) is 20.3 Å². The van der Waals surface area contributed by atoms with Crippen molar-refractivity contribution >= 4 is 39.0 Å². The zero-order valence-electron chi connectivity index (χ0n) is 22.5. The number of carbonyl (C=O) groups excluding carboxylic acids is 1. The van der Waals surface area contributed by atoms with Gasteiger partial charge in [-0.25, -0.2) is 9.78 Å². The van der Waals surface area contributed by atoms with Gasteiger partial charge in [0.25, 0.3) is 5.56 Å². The number of ether oxygens (including phenoxy) is 3. The Morgan fingerprint density at radius 1 is 1.10 bits per heavy atom. The van der Waals surface area contributed by atoms with Gasteiger partial charge >= 0.3 is 5.97 Å². The van der Waals surface area contributed by atoms with Gasteiger partial charge < -0.3 is 14.2 Å². The maximum atomic E-state index is 13.7. The van der Waals surface area contributed by atoms with E-state index in [2.05, 4.69) is 39.6 Å². The third-order valence-electron chi connectivity index (χ3n) is 6.13. The number of halogens is 1. The molecule has 0 atom stereocenters. The lowest BCUT2D eigenvalue weighted by molar-refractivity contribution is -0.142. The standard InChI is InChI=1S/C30H30BrN3O5/c1-6-38-27-13-19(4)24(15-23(27)18(2)3)29-33-25-10-8-7-9-22(25)30(36)34(29)32-16-20-14-21(31)11-12-26(20)39-17-28(35)37-5/h7-16,18H,6,17H2,1-5H3. The Hall–Kier alpha value is -3.98. The minimum atomic E-state index is -0.509. The van der Waals surface area contributed by atoms with Crippen LogP contribution in [0.1, 0.15) is 43.4 Å². The van der Waals surface area contributed by atoms with E-state index in [1.165, 1.54) is 18.0 Å². The van der Waals surface area contributed by atoms with Crippen molar-refractivity contribution in [1.82, 2.24) is 9.66 Å². The average Bonchev–Trinajstić information content (AvgIpc) is 2.92. The summed E-state index contributed by atoms with van der Waals surface area (Å²) in [6, 6.07) is 16.5. The van der Waals surface area contributed by atoms with E-state index in [-0.39, 0.29) is 18.1 Å². The van der Waals surface area contributed by atoms with Gasteiger partial charge in [-0.05, 0) is 73.4 Å². The van der Waals surface area contributed by atoms with Gasteiger partial charge in [0, 0.05) is 15.6 Å². The monoisotopic (exact) mass is 591 g/mol. The maximum Gasteiger partial charge on any atom is 0.343 e. The normalized spacial score (nSPS) is 11.4. The van der Waals surface area contributed by atoms with E-state index in [0.717, 1.165) is 26.9 Å². The smallest absolute Gasteiger partial charge is 0.343 e. The number of aromatic nitrogens is 2. The molecule has 0 unspecified atom stereocenters. The van der Waals surface area contributed by atoms with Gasteiger partial charge in [-0.1, -0.05) is 41.9 Å². The van der Waals surface area contributed by atoms with Crippen LogP contribution >= 0.6 is 15.9 Å². The highest BCUT2D eigenvalue weighted by Gasteiger charge is 2.19. The summed E-state index contributed by atoms with van der Waals surface area (Å²) >= 11 is 3.46. The van der Waals surface area contributed by atoms with Crippen molar-refractivity contribution in [3.63, 3.8) is 0 Å². The van der Waals surface area contributed by atoms with Gasteiger partial charge in [-0.15, -0.1) is 0 Å². The number of methoxy groups -OCH3 is 1. The summed E-state index contributed by atoms with van der Waals surface area (Å²) in [6.45, 7) is 8.40. The number of hydrogen-bond acceptors (Lipinski definition) is 7. The highest BCUT2D eigenvalue weighted by molar-refractivity contribution is 9.10. The number of fused-ring (bicyclic) bond motifs is 1. The fraction of sp³-hybridized carbons (Fsp3) is 0.267. The molecule has 0 N–H and O–H groups in total. The summed E-state index contributed by atoms with van der Waals surface area (Å²) in [4.78, 5) is 30.2. The Balaban J connectivity index is 1.91. The van der Waals surface area contributed by atoms with Crippen molar-refractivity contribution in [3.8, 4) is 22.9 Å². The van der Waals surface area contributed by atoms with Crippen molar-refractivity contribution in [1.29, 1.82) is 0 Å². The molecular weight excluding hydrogens is 562 g/mol. The van der Waals surface area contributed by atoms with Crippen LogP contribution in [0.25, 0.3) is 22.3 Å². The summed E-state index contributed by atoms with van der Waals surface area (Å²) < 4.78 is 18.3. The lowest BCUT2D eigenvalue weighted by Crippen LogP contribution is -2.21. The molecular formula is C30H30BrN3O5. The van der Waals surface area contributed by atoms with Crippen molar-refractivity contribution < 1.29 is 19.0 Å². The van der Waals surface area contributed by atoms with Gasteiger partial charge in [0.05, 0.1) is 30.8 Å². The fourth-order valence-electron chi connectivity index (χ4n) is 4.14. The van der Waals surface area contributed by atoms with Crippen LogP contribution < -0.4 is 15.0 Å². The van der Waals surface area contributed by atoms with Crippen LogP contribution in [-0.2, 0) is 9.53 Å². The largest absolute Gasteiger partial charge is 0.494 e. The molecule has 1 heterocycles. The van der Waals surface area contributed by atoms with Crippen molar-refractivity contribution in [3.05, 3.63) is 86.1 Å². The quantitative estimate of drug-likeness (QED) is 0.173. The number of rotatable bonds is 9. The number of para-hydroxylation sites is 1. The van der Waals surface area contributed by atoms with Crippen molar-refractivity contribution in [2.45, 2.75) is 33.6 Å². The SMILES string of the molecule is CCOc1cc(C)c(-c2nc3ccccc3c(=O)n2N=Cc2cc(Br)ccc2OCC(=O)OC)cc1C(C)C. The summed E-state index contributed by atoms with van der Waals surface area (Å²) in [6.07, 6.45) is 1.52. The average molecular weight is 592 g/mol. The molecule has 3 aromatic carbocycles. The molecule has 1 aromatic heterocycles. The minimum absolute atomic E-state index is 0.186. The molecule has 0 aliphatic heterocycles. The van der Waals surface area contributed by atoms with Gasteiger partial charge in [0.15, 0.2) is 12.4 Å². The molecule has 0 saturated heterocycles. The first-order valence-corrected chi connectivity index (χ1v) is 13.4. The predicted octanol–water partition coefficient (Wildman–Crippen LogP) is 6.09. The van der Waals surface area contributed by atoms with Crippen LogP contribution in [0.5, 0.6) is 11.5 Å². The second-order valence-corrected chi connectivity index (χ2v) is 10.1. The van der Waals surface area contributed by atoms with Gasteiger partial charge in [0.2, 0.25) is 0 Å². The van der Waals surface area contributed by atoms with Crippen LogP contribution in [0.15, 0.2) is 69.0 Å². The molecule has 0 spiro atoms. The van der Waals surface area contributed by atoms with E-state index in [4.69, 9.17) is 14.5 Å². The van der Waals surface area contributed by atoms with Crippen LogP contribution in [0.3, 0.4) is 0 Å². The number of benzene rings is 3. The Kier molecular flexibility index (Phi) is 8.81. The molecule has 39 heavy (non-hydrogen) atoms. The molecule has 0 fully saturated rings. The highest BCUT2D eigenvalue weighted by Crippen LogP contribution is 2.34. The number of esters is 1. The lowest BCUT2D eigenvalue weighted by Gasteiger charge is -2.18. The molecule has 0 aliphatic rings. The second-order valence-electron chi connectivity index (χ2n) is 9.15. The number of nitrogens with zero attached hydrogens (tertiary/aromatic N) is 3. The summed E-state index contributed by atoms with van der Waals surface area (Å²) in [5, 5.41) is 5.04. The van der Waals surface area contributed by atoms with Crippen LogP contribution in [0, 0.1) is 6.92 Å². The number of hydrogen-bond donors (Lipinski definition) is 0. The first-order valence-electron chi connectivity index (χ1n) is 12.6. The van der Waals surface area contributed by atoms with Crippen LogP contribution in [0.4, 0.5) is 0 Å². The van der Waals surface area contributed by atoms with Crippen LogP contribution in [0.2, 0.25) is 0 Å². The van der Waals surface area contributed by atoms with Gasteiger partial charge in [0.1, 0.15) is 11.5 Å². The fourth-order valence-corrected chi connectivity index (χ4v) is 4.52. The molecule has 4 aromatic rings. The molecule has 9 heteroatoms. The molecule has 0 radical (unpaired) electrons. The zero-order valence-corrected chi connectivity index (χ0v) is 24.1. The third-order valence-corrected chi connectivity index (χ3v) is 6.62. The Morgan fingerprint density at radius 3 is 2.59 bits per heavy atom. The topological polar surface area (TPSA) is 92.0 Å². The van der Waals surface area contributed by atoms with Crippen LogP contribution in [-0.4, -0.2) is 42.2 Å². The molecule has 202 valence electrons. The van der Waals surface area contributed by atoms with Gasteiger partial charge in [-0.3, -0.25) is 4.79 Å².